The number of ether oxygens (including phenoxy) is 1. The molecule has 2 atom stereocenters. The molecule has 0 aliphatic rings. The summed E-state index contributed by atoms with van der Waals surface area (Å²) >= 11 is 0. The first kappa shape index (κ1) is 20.8. The molecule has 132 valence electrons. The molecule has 0 aliphatic carbocycles. The van der Waals surface area contributed by atoms with Gasteiger partial charge in [0, 0.05) is 12.4 Å². The van der Waals surface area contributed by atoms with Crippen LogP contribution in [0, 0.1) is 0 Å². The van der Waals surface area contributed by atoms with Crippen molar-refractivity contribution < 1.29 is 48.8 Å². The van der Waals surface area contributed by atoms with Gasteiger partial charge in [-0.15, -0.1) is 0 Å². The average molecular weight is 335 g/mol. The van der Waals surface area contributed by atoms with Crippen molar-refractivity contribution in [3.63, 3.8) is 0 Å². The van der Waals surface area contributed by atoms with E-state index in [0.717, 1.165) is 0 Å². The summed E-state index contributed by atoms with van der Waals surface area (Å²) in [6.45, 7) is 0.101. The minimum absolute atomic E-state index is 0.101. The lowest BCUT2D eigenvalue weighted by molar-refractivity contribution is -0.873. The molecule has 3 N–H and O–H groups in total. The molecule has 0 rings (SSSR count). The zero-order valence-corrected chi connectivity index (χ0v) is 13.1. The van der Waals surface area contributed by atoms with Crippen molar-refractivity contribution >= 4 is 23.9 Å². The summed E-state index contributed by atoms with van der Waals surface area (Å²) in [5, 5.41) is 37.9. The van der Waals surface area contributed by atoms with E-state index in [4.69, 9.17) is 14.9 Å². The van der Waals surface area contributed by atoms with E-state index in [2.05, 4.69) is 0 Å². The SMILES string of the molecule is C[N+](C)(C)CC(CC(=O)[O-])OC(=O)CC(O)(CC(=O)O)C(=O)O. The zero-order valence-electron chi connectivity index (χ0n) is 13.1. The van der Waals surface area contributed by atoms with Crippen LogP contribution in [0.5, 0.6) is 0 Å². The Morgan fingerprint density at radius 3 is 2.00 bits per heavy atom. The fourth-order valence-corrected chi connectivity index (χ4v) is 1.87. The van der Waals surface area contributed by atoms with Crippen LogP contribution < -0.4 is 5.11 Å². The van der Waals surface area contributed by atoms with E-state index in [1.807, 2.05) is 0 Å². The Morgan fingerprint density at radius 2 is 1.65 bits per heavy atom. The summed E-state index contributed by atoms with van der Waals surface area (Å²) in [7, 11) is 5.15. The van der Waals surface area contributed by atoms with Crippen LogP contribution in [-0.2, 0) is 23.9 Å². The Kier molecular flexibility index (Phi) is 7.13. The van der Waals surface area contributed by atoms with Crippen LogP contribution in [0.4, 0.5) is 0 Å². The number of likely N-dealkylation sites (N-methyl/N-ethyl adjacent to an activating group) is 1. The second kappa shape index (κ2) is 7.88. The molecule has 0 fully saturated rings. The Hall–Kier alpha value is -2.20. The number of aliphatic hydroxyl groups is 1. The van der Waals surface area contributed by atoms with E-state index in [-0.39, 0.29) is 11.0 Å². The van der Waals surface area contributed by atoms with Gasteiger partial charge < -0.3 is 34.4 Å². The molecule has 0 bridgehead atoms. The molecule has 0 aromatic rings. The topological polar surface area (TPSA) is 161 Å². The van der Waals surface area contributed by atoms with Crippen molar-refractivity contribution in [1.29, 1.82) is 0 Å². The van der Waals surface area contributed by atoms with Gasteiger partial charge in [0.15, 0.2) is 11.7 Å². The fourth-order valence-electron chi connectivity index (χ4n) is 1.87. The van der Waals surface area contributed by atoms with Crippen LogP contribution >= 0.6 is 0 Å². The third-order valence-corrected chi connectivity index (χ3v) is 2.72. The van der Waals surface area contributed by atoms with Crippen molar-refractivity contribution in [3.05, 3.63) is 0 Å². The number of hydrogen-bond acceptors (Lipinski definition) is 7. The third-order valence-electron chi connectivity index (χ3n) is 2.72. The number of carbonyl (C=O) groups excluding carboxylic acids is 2. The maximum absolute atomic E-state index is 11.8. The van der Waals surface area contributed by atoms with Gasteiger partial charge in [-0.25, -0.2) is 4.79 Å². The second-order valence-electron chi connectivity index (χ2n) is 6.24. The van der Waals surface area contributed by atoms with Gasteiger partial charge in [-0.3, -0.25) is 9.59 Å². The Morgan fingerprint density at radius 1 is 1.13 bits per heavy atom. The average Bonchev–Trinajstić information content (AvgIpc) is 2.22. The fraction of sp³-hybridized carbons (Fsp3) is 0.692. The third kappa shape index (κ3) is 8.73. The summed E-state index contributed by atoms with van der Waals surface area (Å²) in [6.07, 6.45) is -4.02. The second-order valence-corrected chi connectivity index (χ2v) is 6.24. The number of aliphatic carboxylic acids is 3. The summed E-state index contributed by atoms with van der Waals surface area (Å²) in [4.78, 5) is 44.0. The minimum atomic E-state index is -2.83. The lowest BCUT2D eigenvalue weighted by Gasteiger charge is -2.30. The van der Waals surface area contributed by atoms with Crippen LogP contribution in [0.3, 0.4) is 0 Å². The Balaban J connectivity index is 4.99. The molecule has 0 heterocycles. The number of carbonyl (C=O) groups is 4. The summed E-state index contributed by atoms with van der Waals surface area (Å²) in [6, 6.07) is 0. The first-order valence-electron chi connectivity index (χ1n) is 6.62. The van der Waals surface area contributed by atoms with Crippen LogP contribution in [0.1, 0.15) is 19.3 Å². The number of esters is 1. The Bertz CT molecular complexity index is 482. The number of quaternary nitrogens is 1. The lowest BCUT2D eigenvalue weighted by Crippen LogP contribution is -2.47. The van der Waals surface area contributed by atoms with Crippen molar-refractivity contribution in [1.82, 2.24) is 0 Å². The number of nitrogens with zero attached hydrogens (tertiary/aromatic N) is 1. The molecule has 0 amide bonds. The standard InChI is InChI=1S/C13H21NO9/c1-14(2,3)7-8(4-9(15)16)23-11(19)6-13(22,12(20)21)5-10(17)18/h8,22H,4-7H2,1-3H3,(H2-,15,16,17,18,20,21). The predicted octanol–water partition coefficient (Wildman–Crippen LogP) is -2.58. The normalized spacial score (nSPS) is 15.3. The highest BCUT2D eigenvalue weighted by Crippen LogP contribution is 2.18. The molecule has 0 radical (unpaired) electrons. The maximum Gasteiger partial charge on any atom is 0.336 e. The molecule has 0 aromatic heterocycles. The molecule has 0 saturated heterocycles. The molecule has 10 nitrogen and oxygen atoms in total. The molecule has 0 spiro atoms. The first-order valence-corrected chi connectivity index (χ1v) is 6.62. The van der Waals surface area contributed by atoms with Gasteiger partial charge in [0.05, 0.1) is 34.0 Å². The summed E-state index contributed by atoms with van der Waals surface area (Å²) in [5.41, 5.74) is -2.83. The minimum Gasteiger partial charge on any atom is -0.550 e. The quantitative estimate of drug-likeness (QED) is 0.287. The van der Waals surface area contributed by atoms with Gasteiger partial charge >= 0.3 is 17.9 Å². The van der Waals surface area contributed by atoms with E-state index >= 15 is 0 Å². The highest BCUT2D eigenvalue weighted by atomic mass is 16.5. The van der Waals surface area contributed by atoms with Crippen LogP contribution in [-0.4, -0.2) is 83.1 Å². The van der Waals surface area contributed by atoms with E-state index < -0.39 is 54.8 Å². The van der Waals surface area contributed by atoms with E-state index in [0.29, 0.717) is 0 Å². The molecule has 2 unspecified atom stereocenters. The molecular weight excluding hydrogens is 314 g/mol. The monoisotopic (exact) mass is 335 g/mol. The maximum atomic E-state index is 11.8. The van der Waals surface area contributed by atoms with E-state index in [1.54, 1.807) is 21.1 Å². The number of rotatable bonds is 10. The van der Waals surface area contributed by atoms with E-state index in [9.17, 15) is 29.4 Å². The van der Waals surface area contributed by atoms with Crippen molar-refractivity contribution in [2.75, 3.05) is 27.7 Å². The largest absolute Gasteiger partial charge is 0.550 e. The predicted molar refractivity (Wildman–Crippen MR) is 71.9 cm³/mol. The number of carboxylic acid groups (broad SMARTS) is 3. The molecule has 23 heavy (non-hydrogen) atoms. The van der Waals surface area contributed by atoms with Gasteiger partial charge in [0.25, 0.3) is 0 Å². The smallest absolute Gasteiger partial charge is 0.336 e. The van der Waals surface area contributed by atoms with Gasteiger partial charge in [-0.2, -0.15) is 0 Å². The first-order chi connectivity index (χ1) is 10.2. The number of hydrogen-bond donors (Lipinski definition) is 3. The van der Waals surface area contributed by atoms with Crippen molar-refractivity contribution in [3.8, 4) is 0 Å². The molecular formula is C13H21NO9. The molecule has 0 aromatic carbocycles. The highest BCUT2D eigenvalue weighted by molar-refractivity contribution is 5.88. The summed E-state index contributed by atoms with van der Waals surface area (Å²) in [5.74, 6) is -6.17. The van der Waals surface area contributed by atoms with Gasteiger partial charge in [0.2, 0.25) is 0 Å². The van der Waals surface area contributed by atoms with Gasteiger partial charge in [0.1, 0.15) is 6.54 Å². The van der Waals surface area contributed by atoms with Crippen LogP contribution in [0.2, 0.25) is 0 Å². The molecule has 0 aliphatic heterocycles. The van der Waals surface area contributed by atoms with Gasteiger partial charge in [-0.05, 0) is 0 Å². The number of carboxylic acids is 3. The zero-order chi connectivity index (χ0) is 18.4. The lowest BCUT2D eigenvalue weighted by atomic mass is 9.96. The highest BCUT2D eigenvalue weighted by Gasteiger charge is 2.42. The molecule has 10 heteroatoms. The molecule has 0 saturated carbocycles. The van der Waals surface area contributed by atoms with Crippen molar-refractivity contribution in [2.24, 2.45) is 0 Å². The van der Waals surface area contributed by atoms with Crippen LogP contribution in [0.15, 0.2) is 0 Å². The van der Waals surface area contributed by atoms with Gasteiger partial charge in [-0.1, -0.05) is 0 Å². The van der Waals surface area contributed by atoms with Crippen LogP contribution in [0.25, 0.3) is 0 Å². The van der Waals surface area contributed by atoms with Crippen molar-refractivity contribution in [2.45, 2.75) is 31.0 Å². The summed E-state index contributed by atoms with van der Waals surface area (Å²) < 4.78 is 5.13. The van der Waals surface area contributed by atoms with E-state index in [1.165, 1.54) is 0 Å². The Labute approximate surface area is 132 Å².